The van der Waals surface area contributed by atoms with E-state index < -0.39 is 43.3 Å². The molecule has 1 aromatic heterocycles. The van der Waals surface area contributed by atoms with Crippen LogP contribution >= 0.6 is 0 Å². The van der Waals surface area contributed by atoms with Crippen LogP contribution in [0, 0.1) is 5.92 Å². The summed E-state index contributed by atoms with van der Waals surface area (Å²) in [6, 6.07) is 13.9. The smallest absolute Gasteiger partial charge is 0.364 e. The maximum Gasteiger partial charge on any atom is 0.414 e. The molecule has 2 aromatic carbocycles. The molecule has 7 nitrogen and oxygen atoms in total. The lowest BCUT2D eigenvalue weighted by Crippen LogP contribution is -2.28. The molecule has 1 aliphatic rings. The molecule has 0 unspecified atom stereocenters. The van der Waals surface area contributed by atoms with Crippen molar-refractivity contribution in [3.8, 4) is 16.9 Å². The topological polar surface area (TPSA) is 85.2 Å². The average molecular weight is 554 g/mol. The molecule has 2 atom stereocenters. The van der Waals surface area contributed by atoms with Gasteiger partial charge >= 0.3 is 12.4 Å². The molecule has 2 N–H and O–H groups in total. The molecule has 0 radical (unpaired) electrons. The molecule has 2 heterocycles. The van der Waals surface area contributed by atoms with E-state index in [1.165, 1.54) is 22.9 Å². The summed E-state index contributed by atoms with van der Waals surface area (Å²) in [6.45, 7) is 0.397. The second kappa shape index (κ2) is 11.1. The van der Waals surface area contributed by atoms with Crippen LogP contribution in [0.3, 0.4) is 0 Å². The number of anilines is 1. The van der Waals surface area contributed by atoms with E-state index in [0.29, 0.717) is 5.69 Å². The number of nitrogens with zero attached hydrogens (tertiary/aromatic N) is 2. The number of rotatable bonds is 8. The molecule has 1 aliphatic heterocycles. The molecule has 1 fully saturated rings. The lowest BCUT2D eigenvalue weighted by molar-refractivity contribution is -0.217. The van der Waals surface area contributed by atoms with Gasteiger partial charge in [-0.25, -0.2) is 4.68 Å². The van der Waals surface area contributed by atoms with Crippen LogP contribution in [0.25, 0.3) is 16.9 Å². The minimum atomic E-state index is -4.63. The van der Waals surface area contributed by atoms with E-state index in [4.69, 9.17) is 4.74 Å². The highest BCUT2D eigenvalue weighted by Crippen LogP contribution is 2.32. The van der Waals surface area contributed by atoms with Gasteiger partial charge in [0.2, 0.25) is 11.8 Å². The van der Waals surface area contributed by atoms with Crippen LogP contribution in [0.15, 0.2) is 54.6 Å². The third kappa shape index (κ3) is 7.37. The summed E-state index contributed by atoms with van der Waals surface area (Å²) < 4.78 is 84.9. The highest BCUT2D eigenvalue weighted by atomic mass is 19.4. The van der Waals surface area contributed by atoms with E-state index in [-0.39, 0.29) is 47.1 Å². The second-order valence-corrected chi connectivity index (χ2v) is 9.18. The number of halogens is 6. The monoisotopic (exact) mass is 554 g/mol. The molecule has 3 aromatic rings. The fraction of sp³-hybridized carbons (Fsp3) is 0.346. The van der Waals surface area contributed by atoms with Crippen LogP contribution < -0.4 is 10.6 Å². The molecule has 13 heteroatoms. The van der Waals surface area contributed by atoms with Crippen molar-refractivity contribution in [2.24, 2.45) is 5.92 Å². The zero-order valence-electron chi connectivity index (χ0n) is 20.6. The molecular weight excluding hydrogens is 530 g/mol. The Hall–Kier alpha value is -3.87. The third-order valence-corrected chi connectivity index (χ3v) is 6.02. The summed E-state index contributed by atoms with van der Waals surface area (Å²) in [5.41, 5.74) is 0.955. The molecular formula is C26H24F6N4O3. The van der Waals surface area contributed by atoms with Crippen LogP contribution in [0.1, 0.15) is 24.5 Å². The quantitative estimate of drug-likeness (QED) is 0.376. The summed E-state index contributed by atoms with van der Waals surface area (Å²) in [6.07, 6.45) is -12.6. The van der Waals surface area contributed by atoms with E-state index in [0.717, 1.165) is 13.0 Å². The van der Waals surface area contributed by atoms with Gasteiger partial charge in [0, 0.05) is 24.6 Å². The van der Waals surface area contributed by atoms with Crippen LogP contribution in [0.5, 0.6) is 0 Å². The predicted octanol–water partition coefficient (Wildman–Crippen LogP) is 5.19. The molecule has 0 aliphatic carbocycles. The molecule has 2 amide bonds. The number of carbonyl (C=O) groups is 2. The zero-order valence-corrected chi connectivity index (χ0v) is 20.6. The Kier molecular flexibility index (Phi) is 8.00. The number of alkyl halides is 6. The van der Waals surface area contributed by atoms with E-state index in [9.17, 15) is 35.9 Å². The van der Waals surface area contributed by atoms with Crippen LogP contribution in [-0.2, 0) is 27.4 Å². The van der Waals surface area contributed by atoms with Gasteiger partial charge in [0.05, 0.1) is 30.3 Å². The molecule has 1 saturated heterocycles. The number of ether oxygens (including phenoxy) is 1. The van der Waals surface area contributed by atoms with Crippen LogP contribution in [0.4, 0.5) is 32.2 Å². The van der Waals surface area contributed by atoms with Crippen molar-refractivity contribution in [2.45, 2.75) is 44.8 Å². The minimum Gasteiger partial charge on any atom is -0.364 e. The lowest BCUT2D eigenvalue weighted by Gasteiger charge is -2.18. The molecule has 39 heavy (non-hydrogen) atoms. The van der Waals surface area contributed by atoms with E-state index in [1.54, 1.807) is 30.3 Å². The van der Waals surface area contributed by atoms with Crippen molar-refractivity contribution in [1.82, 2.24) is 15.1 Å². The SMILES string of the molecule is C[C@@H](OCc1cc(CC(F)(F)F)cc(-c2cc(NC(=O)[C@@H]3CNC(=O)C3)nn2-c2ccccc2)c1)C(F)(F)F. The second-order valence-electron chi connectivity index (χ2n) is 9.18. The summed E-state index contributed by atoms with van der Waals surface area (Å²) in [4.78, 5) is 24.2. The molecule has 0 saturated carbocycles. The summed E-state index contributed by atoms with van der Waals surface area (Å²) >= 11 is 0. The third-order valence-electron chi connectivity index (χ3n) is 6.02. The maximum atomic E-state index is 13.3. The predicted molar refractivity (Wildman–Crippen MR) is 129 cm³/mol. The Morgan fingerprint density at radius 2 is 1.79 bits per heavy atom. The van der Waals surface area contributed by atoms with Gasteiger partial charge in [-0.1, -0.05) is 24.3 Å². The van der Waals surface area contributed by atoms with Gasteiger partial charge in [0.15, 0.2) is 11.9 Å². The minimum absolute atomic E-state index is 0.0112. The molecule has 4 rings (SSSR count). The first-order chi connectivity index (χ1) is 18.3. The Morgan fingerprint density at radius 3 is 2.41 bits per heavy atom. The highest BCUT2D eigenvalue weighted by Gasteiger charge is 2.37. The van der Waals surface area contributed by atoms with Gasteiger partial charge in [0.25, 0.3) is 0 Å². The van der Waals surface area contributed by atoms with Crippen molar-refractivity contribution in [3.63, 3.8) is 0 Å². The van der Waals surface area contributed by atoms with Gasteiger partial charge in [-0.05, 0) is 42.3 Å². The Labute approximate surface area is 219 Å². The van der Waals surface area contributed by atoms with Gasteiger partial charge < -0.3 is 15.4 Å². The zero-order chi connectivity index (χ0) is 28.4. The van der Waals surface area contributed by atoms with Crippen molar-refractivity contribution in [1.29, 1.82) is 0 Å². The standard InChI is InChI=1S/C26H24F6N4O3/c1-15(26(30,31)32)39-14-17-7-16(12-25(27,28)29)8-18(9-17)21-11-22(34-24(38)19-10-23(37)33-13-19)35-36(21)20-5-3-2-4-6-20/h2-9,11,15,19H,10,12-14H2,1H3,(H,33,37)(H,34,35,38)/t15-,19+/m1/s1. The van der Waals surface area contributed by atoms with E-state index in [2.05, 4.69) is 15.7 Å². The summed E-state index contributed by atoms with van der Waals surface area (Å²) in [5, 5.41) is 9.61. The number of benzene rings is 2. The molecule has 208 valence electrons. The van der Waals surface area contributed by atoms with E-state index in [1.807, 2.05) is 0 Å². The lowest BCUT2D eigenvalue weighted by atomic mass is 10.0. The number of aromatic nitrogens is 2. The highest BCUT2D eigenvalue weighted by molar-refractivity contribution is 5.97. The average Bonchev–Trinajstić information content (AvgIpc) is 3.48. The number of nitrogens with one attached hydrogen (secondary N) is 2. The largest absolute Gasteiger partial charge is 0.414 e. The van der Waals surface area contributed by atoms with Gasteiger partial charge in [-0.15, -0.1) is 5.10 Å². The number of carbonyl (C=O) groups excluding carboxylic acids is 2. The van der Waals surface area contributed by atoms with Crippen molar-refractivity contribution < 1.29 is 40.7 Å². The molecule has 0 spiro atoms. The van der Waals surface area contributed by atoms with Crippen molar-refractivity contribution in [3.05, 3.63) is 65.7 Å². The number of hydrogen-bond acceptors (Lipinski definition) is 4. The van der Waals surface area contributed by atoms with Crippen molar-refractivity contribution in [2.75, 3.05) is 11.9 Å². The number of para-hydroxylation sites is 1. The van der Waals surface area contributed by atoms with Crippen molar-refractivity contribution >= 4 is 17.6 Å². The van der Waals surface area contributed by atoms with Gasteiger partial charge in [-0.3, -0.25) is 9.59 Å². The maximum absolute atomic E-state index is 13.3. The Balaban J connectivity index is 1.73. The number of hydrogen-bond donors (Lipinski definition) is 2. The van der Waals surface area contributed by atoms with Gasteiger partial charge in [-0.2, -0.15) is 26.3 Å². The van der Waals surface area contributed by atoms with E-state index >= 15 is 0 Å². The molecule has 0 bridgehead atoms. The summed E-state index contributed by atoms with van der Waals surface area (Å²) in [5.74, 6) is -1.25. The summed E-state index contributed by atoms with van der Waals surface area (Å²) in [7, 11) is 0. The first-order valence-corrected chi connectivity index (χ1v) is 11.9. The Bertz CT molecular complexity index is 1340. The van der Waals surface area contributed by atoms with Gasteiger partial charge in [0.1, 0.15) is 0 Å². The fourth-order valence-corrected chi connectivity index (χ4v) is 4.08. The van der Waals surface area contributed by atoms with Crippen LogP contribution in [-0.4, -0.2) is 46.6 Å². The fourth-order valence-electron chi connectivity index (χ4n) is 4.08. The normalized spacial score (nSPS) is 16.7. The van der Waals surface area contributed by atoms with Crippen LogP contribution in [0.2, 0.25) is 0 Å². The number of amides is 2. The first kappa shape index (κ1) is 28.1. The Morgan fingerprint density at radius 1 is 1.10 bits per heavy atom. The first-order valence-electron chi connectivity index (χ1n) is 11.9.